The molecule has 0 saturated heterocycles. The molecular formula is C16H25NO3. The third-order valence-corrected chi connectivity index (χ3v) is 3.22. The third-order valence-electron chi connectivity index (χ3n) is 3.22. The standard InChI is InChI=1S/C16H25NO3/c1-12(2)7-5-3-4-6-10-17-16(20)14-11-13(18)8-9-15(14)19/h8-9,11-12,18-19H,3-7,10H2,1-2H3,(H,17,20). The van der Waals surface area contributed by atoms with Crippen LogP contribution in [0.4, 0.5) is 0 Å². The topological polar surface area (TPSA) is 69.6 Å². The number of carbonyl (C=O) groups excluding carboxylic acids is 1. The van der Waals surface area contributed by atoms with Crippen LogP contribution in [-0.4, -0.2) is 22.7 Å². The maximum absolute atomic E-state index is 11.8. The normalized spacial score (nSPS) is 10.8. The summed E-state index contributed by atoms with van der Waals surface area (Å²) in [4.78, 5) is 11.8. The average molecular weight is 279 g/mol. The van der Waals surface area contributed by atoms with E-state index in [1.807, 2.05) is 0 Å². The van der Waals surface area contributed by atoms with Crippen molar-refractivity contribution in [1.82, 2.24) is 5.32 Å². The van der Waals surface area contributed by atoms with E-state index in [2.05, 4.69) is 19.2 Å². The van der Waals surface area contributed by atoms with Crippen molar-refractivity contribution in [3.63, 3.8) is 0 Å². The lowest BCUT2D eigenvalue weighted by atomic mass is 10.0. The maximum Gasteiger partial charge on any atom is 0.255 e. The van der Waals surface area contributed by atoms with Crippen LogP contribution in [0.1, 0.15) is 56.3 Å². The lowest BCUT2D eigenvalue weighted by molar-refractivity contribution is 0.0950. The largest absolute Gasteiger partial charge is 0.508 e. The Kier molecular flexibility index (Phi) is 6.91. The van der Waals surface area contributed by atoms with E-state index in [9.17, 15) is 15.0 Å². The Bertz CT molecular complexity index is 430. The van der Waals surface area contributed by atoms with Crippen molar-refractivity contribution in [3.8, 4) is 11.5 Å². The zero-order chi connectivity index (χ0) is 15.0. The van der Waals surface area contributed by atoms with Gasteiger partial charge in [-0.1, -0.05) is 39.5 Å². The van der Waals surface area contributed by atoms with Crippen molar-refractivity contribution in [2.45, 2.75) is 46.0 Å². The number of unbranched alkanes of at least 4 members (excludes halogenated alkanes) is 3. The molecule has 4 nitrogen and oxygen atoms in total. The van der Waals surface area contributed by atoms with Crippen LogP contribution in [0.25, 0.3) is 0 Å². The Morgan fingerprint density at radius 2 is 1.85 bits per heavy atom. The lowest BCUT2D eigenvalue weighted by Crippen LogP contribution is -2.24. The Labute approximate surface area is 120 Å². The van der Waals surface area contributed by atoms with E-state index in [-0.39, 0.29) is 23.0 Å². The Morgan fingerprint density at radius 3 is 2.55 bits per heavy atom. The number of hydrogen-bond acceptors (Lipinski definition) is 3. The highest BCUT2D eigenvalue weighted by Gasteiger charge is 2.11. The van der Waals surface area contributed by atoms with Gasteiger partial charge in [0.25, 0.3) is 5.91 Å². The predicted octanol–water partition coefficient (Wildman–Crippen LogP) is 3.43. The van der Waals surface area contributed by atoms with Crippen molar-refractivity contribution in [2.24, 2.45) is 5.92 Å². The molecule has 0 bridgehead atoms. The second-order valence-corrected chi connectivity index (χ2v) is 5.55. The first kappa shape index (κ1) is 16.3. The van der Waals surface area contributed by atoms with Gasteiger partial charge in [-0.05, 0) is 30.5 Å². The molecule has 4 heteroatoms. The van der Waals surface area contributed by atoms with Gasteiger partial charge in [0, 0.05) is 6.54 Å². The molecule has 0 fully saturated rings. The number of carbonyl (C=O) groups is 1. The molecule has 0 aliphatic rings. The van der Waals surface area contributed by atoms with Crippen LogP contribution in [0.3, 0.4) is 0 Å². The van der Waals surface area contributed by atoms with Crippen LogP contribution >= 0.6 is 0 Å². The highest BCUT2D eigenvalue weighted by molar-refractivity contribution is 5.97. The van der Waals surface area contributed by atoms with Gasteiger partial charge in [-0.15, -0.1) is 0 Å². The fraction of sp³-hybridized carbons (Fsp3) is 0.562. The molecule has 0 aliphatic carbocycles. The molecule has 112 valence electrons. The van der Waals surface area contributed by atoms with E-state index >= 15 is 0 Å². The van der Waals surface area contributed by atoms with Crippen LogP contribution in [0.5, 0.6) is 11.5 Å². The fourth-order valence-electron chi connectivity index (χ4n) is 2.03. The van der Waals surface area contributed by atoms with Crippen molar-refractivity contribution < 1.29 is 15.0 Å². The zero-order valence-corrected chi connectivity index (χ0v) is 12.4. The highest BCUT2D eigenvalue weighted by Crippen LogP contribution is 2.21. The number of phenolic OH excluding ortho intramolecular Hbond substituents is 2. The molecule has 0 spiro atoms. The molecule has 20 heavy (non-hydrogen) atoms. The third kappa shape index (κ3) is 5.95. The minimum atomic E-state index is -0.347. The zero-order valence-electron chi connectivity index (χ0n) is 12.4. The van der Waals surface area contributed by atoms with E-state index in [0.29, 0.717) is 6.54 Å². The first-order chi connectivity index (χ1) is 9.50. The van der Waals surface area contributed by atoms with Crippen molar-refractivity contribution in [3.05, 3.63) is 23.8 Å². The van der Waals surface area contributed by atoms with Crippen LogP contribution in [0.2, 0.25) is 0 Å². The SMILES string of the molecule is CC(C)CCCCCCNC(=O)c1cc(O)ccc1O. The summed E-state index contributed by atoms with van der Waals surface area (Å²) in [5, 5.41) is 21.6. The fourth-order valence-corrected chi connectivity index (χ4v) is 2.03. The van der Waals surface area contributed by atoms with Gasteiger partial charge in [0.2, 0.25) is 0 Å². The summed E-state index contributed by atoms with van der Waals surface area (Å²) in [5.74, 6) is 0.267. The van der Waals surface area contributed by atoms with E-state index in [4.69, 9.17) is 0 Å². The van der Waals surface area contributed by atoms with Crippen molar-refractivity contribution in [2.75, 3.05) is 6.54 Å². The molecule has 0 unspecified atom stereocenters. The highest BCUT2D eigenvalue weighted by atomic mass is 16.3. The summed E-state index contributed by atoms with van der Waals surface area (Å²) in [6.07, 6.45) is 5.70. The Hall–Kier alpha value is -1.71. The van der Waals surface area contributed by atoms with Gasteiger partial charge in [0.05, 0.1) is 5.56 Å². The molecule has 0 heterocycles. The van der Waals surface area contributed by atoms with Gasteiger partial charge in [-0.25, -0.2) is 0 Å². The van der Waals surface area contributed by atoms with Crippen molar-refractivity contribution in [1.29, 1.82) is 0 Å². The van der Waals surface area contributed by atoms with Gasteiger partial charge < -0.3 is 15.5 Å². The molecule has 1 aromatic carbocycles. The molecule has 0 saturated carbocycles. The van der Waals surface area contributed by atoms with E-state index in [0.717, 1.165) is 18.8 Å². The lowest BCUT2D eigenvalue weighted by Gasteiger charge is -2.07. The first-order valence-electron chi connectivity index (χ1n) is 7.31. The molecule has 0 aromatic heterocycles. The van der Waals surface area contributed by atoms with E-state index in [1.54, 1.807) is 0 Å². The Balaban J connectivity index is 2.22. The van der Waals surface area contributed by atoms with Crippen LogP contribution in [0, 0.1) is 5.92 Å². The minimum Gasteiger partial charge on any atom is -0.508 e. The summed E-state index contributed by atoms with van der Waals surface area (Å²) in [6.45, 7) is 5.04. The second-order valence-electron chi connectivity index (χ2n) is 5.55. The Morgan fingerprint density at radius 1 is 1.15 bits per heavy atom. The van der Waals surface area contributed by atoms with Crippen molar-refractivity contribution >= 4 is 5.91 Å². The monoisotopic (exact) mass is 279 g/mol. The molecule has 1 amide bonds. The van der Waals surface area contributed by atoms with Gasteiger partial charge in [0.1, 0.15) is 11.5 Å². The number of nitrogens with one attached hydrogen (secondary N) is 1. The molecule has 0 aliphatic heterocycles. The predicted molar refractivity (Wildman–Crippen MR) is 80.0 cm³/mol. The molecule has 1 rings (SSSR count). The number of hydrogen-bond donors (Lipinski definition) is 3. The number of amides is 1. The summed E-state index contributed by atoms with van der Waals surface area (Å²) >= 11 is 0. The molecule has 0 atom stereocenters. The summed E-state index contributed by atoms with van der Waals surface area (Å²) in [5.41, 5.74) is 0.116. The first-order valence-corrected chi connectivity index (χ1v) is 7.31. The molecule has 0 radical (unpaired) electrons. The minimum absolute atomic E-state index is 0.0263. The quantitative estimate of drug-likeness (QED) is 0.504. The van der Waals surface area contributed by atoms with Crippen LogP contribution in [-0.2, 0) is 0 Å². The van der Waals surface area contributed by atoms with Crippen LogP contribution < -0.4 is 5.32 Å². The molecular weight excluding hydrogens is 254 g/mol. The van der Waals surface area contributed by atoms with Gasteiger partial charge in [-0.2, -0.15) is 0 Å². The maximum atomic E-state index is 11.8. The van der Waals surface area contributed by atoms with Crippen LogP contribution in [0.15, 0.2) is 18.2 Å². The van der Waals surface area contributed by atoms with Gasteiger partial charge in [-0.3, -0.25) is 4.79 Å². The summed E-state index contributed by atoms with van der Waals surface area (Å²) in [7, 11) is 0. The van der Waals surface area contributed by atoms with E-state index < -0.39 is 0 Å². The average Bonchev–Trinajstić information content (AvgIpc) is 2.39. The van der Waals surface area contributed by atoms with E-state index in [1.165, 1.54) is 37.5 Å². The smallest absolute Gasteiger partial charge is 0.255 e. The molecule has 3 N–H and O–H groups in total. The number of benzene rings is 1. The summed E-state index contributed by atoms with van der Waals surface area (Å²) in [6, 6.07) is 3.93. The second kappa shape index (κ2) is 8.46. The van der Waals surface area contributed by atoms with Gasteiger partial charge >= 0.3 is 0 Å². The number of aromatic hydroxyl groups is 2. The van der Waals surface area contributed by atoms with Gasteiger partial charge in [0.15, 0.2) is 0 Å². The number of rotatable bonds is 8. The number of phenols is 2. The molecule has 1 aromatic rings. The summed E-state index contributed by atoms with van der Waals surface area (Å²) < 4.78 is 0.